The van der Waals surface area contributed by atoms with E-state index in [-0.39, 0.29) is 5.92 Å². The molecule has 124 valence electrons. The number of aromatic amines is 1. The van der Waals surface area contributed by atoms with Gasteiger partial charge in [-0.2, -0.15) is 0 Å². The molecule has 1 aromatic heterocycles. The molecule has 6 heteroatoms. The molecule has 0 aliphatic carbocycles. The zero-order valence-corrected chi connectivity index (χ0v) is 13.8. The summed E-state index contributed by atoms with van der Waals surface area (Å²) >= 11 is 0. The molecule has 2 rings (SSSR count). The summed E-state index contributed by atoms with van der Waals surface area (Å²) in [6.07, 6.45) is 1.49. The smallest absolute Gasteiger partial charge is 0.407 e. The van der Waals surface area contributed by atoms with Gasteiger partial charge in [0.15, 0.2) is 0 Å². The third-order valence-corrected chi connectivity index (χ3v) is 4.19. The van der Waals surface area contributed by atoms with Crippen molar-refractivity contribution in [3.63, 3.8) is 0 Å². The van der Waals surface area contributed by atoms with Crippen molar-refractivity contribution in [2.45, 2.75) is 25.8 Å². The molecule has 0 aliphatic rings. The Morgan fingerprint density at radius 1 is 1.22 bits per heavy atom. The van der Waals surface area contributed by atoms with Crippen LogP contribution in [0.3, 0.4) is 0 Å². The predicted octanol–water partition coefficient (Wildman–Crippen LogP) is 2.63. The van der Waals surface area contributed by atoms with E-state index in [1.807, 2.05) is 44.3 Å². The lowest BCUT2D eigenvalue weighted by atomic mass is 9.80. The number of alkyl carbamates (subject to hydrolysis) is 1. The first-order chi connectivity index (χ1) is 10.9. The fourth-order valence-corrected chi connectivity index (χ4v) is 2.75. The van der Waals surface area contributed by atoms with Gasteiger partial charge in [-0.25, -0.2) is 9.59 Å². The van der Waals surface area contributed by atoms with Gasteiger partial charge < -0.3 is 19.8 Å². The summed E-state index contributed by atoms with van der Waals surface area (Å²) in [4.78, 5) is 27.5. The molecule has 1 aromatic carbocycles. The average molecular weight is 318 g/mol. The van der Waals surface area contributed by atoms with Crippen LogP contribution in [0.25, 0.3) is 10.9 Å². The summed E-state index contributed by atoms with van der Waals surface area (Å²) in [6, 6.07) is 7.80. The van der Waals surface area contributed by atoms with Crippen LogP contribution < -0.4 is 5.32 Å². The molecule has 0 unspecified atom stereocenters. The van der Waals surface area contributed by atoms with Gasteiger partial charge in [-0.1, -0.05) is 32.0 Å². The van der Waals surface area contributed by atoms with E-state index < -0.39 is 17.6 Å². The molecule has 0 aliphatic heterocycles. The minimum Gasteiger partial charge on any atom is -0.467 e. The van der Waals surface area contributed by atoms with Gasteiger partial charge in [0.1, 0.15) is 5.54 Å². The third kappa shape index (κ3) is 3.16. The lowest BCUT2D eigenvalue weighted by molar-refractivity contribution is -0.150. The second kappa shape index (κ2) is 6.73. The van der Waals surface area contributed by atoms with Crippen molar-refractivity contribution >= 4 is 23.0 Å². The Bertz CT molecular complexity index is 707. The molecule has 1 atom stereocenters. The predicted molar refractivity (Wildman–Crippen MR) is 87.1 cm³/mol. The fourth-order valence-electron chi connectivity index (χ4n) is 2.75. The van der Waals surface area contributed by atoms with E-state index in [2.05, 4.69) is 10.3 Å². The quantitative estimate of drug-likeness (QED) is 0.831. The second-order valence-electron chi connectivity index (χ2n) is 5.77. The number of H-pyrrole nitrogens is 1. The first kappa shape index (κ1) is 16.9. The third-order valence-electron chi connectivity index (χ3n) is 4.19. The Morgan fingerprint density at radius 3 is 2.52 bits per heavy atom. The molecular weight excluding hydrogens is 296 g/mol. The molecule has 2 aromatic rings. The molecule has 6 nitrogen and oxygen atoms in total. The largest absolute Gasteiger partial charge is 0.467 e. The van der Waals surface area contributed by atoms with Crippen LogP contribution >= 0.6 is 0 Å². The first-order valence-corrected chi connectivity index (χ1v) is 7.44. The fraction of sp³-hybridized carbons (Fsp3) is 0.412. The molecule has 23 heavy (non-hydrogen) atoms. The van der Waals surface area contributed by atoms with Crippen LogP contribution in [0, 0.1) is 5.92 Å². The summed E-state index contributed by atoms with van der Waals surface area (Å²) < 4.78 is 9.66. The lowest BCUT2D eigenvalue weighted by Crippen LogP contribution is -2.60. The number of carbonyl (C=O) groups excluding carboxylic acids is 2. The average Bonchev–Trinajstić information content (AvgIpc) is 2.96. The summed E-state index contributed by atoms with van der Waals surface area (Å²) in [5.41, 5.74) is 0.700. The summed E-state index contributed by atoms with van der Waals surface area (Å²) in [6.45, 7) is 3.73. The standard InChI is InChI=1S/C17H22N2O4/c1-11(2)17(15(20)22-3,19-16(21)23-4)9-12-10-18-14-8-6-5-7-13(12)14/h5-8,10-11,18H,9H2,1-4H3,(H,19,21)/t17-/m0/s1. The van der Waals surface area contributed by atoms with Gasteiger partial charge in [0, 0.05) is 23.5 Å². The van der Waals surface area contributed by atoms with Crippen LogP contribution in [0.2, 0.25) is 0 Å². The van der Waals surface area contributed by atoms with E-state index in [0.717, 1.165) is 16.5 Å². The molecule has 0 saturated heterocycles. The number of hydrogen-bond donors (Lipinski definition) is 2. The Balaban J connectivity index is 2.48. The number of aromatic nitrogens is 1. The van der Waals surface area contributed by atoms with Crippen LogP contribution in [0.15, 0.2) is 30.5 Å². The number of benzene rings is 1. The lowest BCUT2D eigenvalue weighted by Gasteiger charge is -2.35. The van der Waals surface area contributed by atoms with E-state index in [9.17, 15) is 9.59 Å². The highest BCUT2D eigenvalue weighted by Crippen LogP contribution is 2.28. The maximum atomic E-state index is 12.5. The van der Waals surface area contributed by atoms with Crippen LogP contribution in [-0.2, 0) is 20.7 Å². The molecule has 0 fully saturated rings. The second-order valence-corrected chi connectivity index (χ2v) is 5.77. The molecule has 2 N–H and O–H groups in total. The zero-order chi connectivity index (χ0) is 17.0. The van der Waals surface area contributed by atoms with Crippen molar-refractivity contribution in [3.8, 4) is 0 Å². The zero-order valence-electron chi connectivity index (χ0n) is 13.8. The van der Waals surface area contributed by atoms with Crippen molar-refractivity contribution < 1.29 is 19.1 Å². The molecular formula is C17H22N2O4. The van der Waals surface area contributed by atoms with E-state index >= 15 is 0 Å². The van der Waals surface area contributed by atoms with Crippen molar-refractivity contribution in [1.29, 1.82) is 0 Å². The summed E-state index contributed by atoms with van der Waals surface area (Å²) in [5, 5.41) is 3.69. The number of amides is 1. The van der Waals surface area contributed by atoms with Crippen molar-refractivity contribution in [2.75, 3.05) is 14.2 Å². The number of carbonyl (C=O) groups is 2. The highest BCUT2D eigenvalue weighted by molar-refractivity contribution is 5.89. The SMILES string of the molecule is COC(=O)N[C@](Cc1c[nH]c2ccccc12)(C(=O)OC)C(C)C. The number of rotatable bonds is 5. The molecule has 0 spiro atoms. The van der Waals surface area contributed by atoms with E-state index in [0.29, 0.717) is 6.42 Å². The van der Waals surface area contributed by atoms with Gasteiger partial charge in [0.25, 0.3) is 0 Å². The Kier molecular flexibility index (Phi) is 4.93. The Hall–Kier alpha value is -2.50. The van der Waals surface area contributed by atoms with Crippen molar-refractivity contribution in [2.24, 2.45) is 5.92 Å². The number of hydrogen-bond acceptors (Lipinski definition) is 4. The Labute approximate surface area is 135 Å². The minimum absolute atomic E-state index is 0.192. The number of para-hydroxylation sites is 1. The number of nitrogens with one attached hydrogen (secondary N) is 2. The molecule has 0 radical (unpaired) electrons. The normalized spacial score (nSPS) is 13.6. The van der Waals surface area contributed by atoms with Crippen LogP contribution in [0.5, 0.6) is 0 Å². The molecule has 1 amide bonds. The van der Waals surface area contributed by atoms with Gasteiger partial charge >= 0.3 is 12.1 Å². The minimum atomic E-state index is -1.20. The topological polar surface area (TPSA) is 80.4 Å². The van der Waals surface area contributed by atoms with Crippen LogP contribution in [0.4, 0.5) is 4.79 Å². The first-order valence-electron chi connectivity index (χ1n) is 7.44. The number of esters is 1. The Morgan fingerprint density at radius 2 is 1.91 bits per heavy atom. The summed E-state index contributed by atoms with van der Waals surface area (Å²) in [7, 11) is 2.58. The monoisotopic (exact) mass is 318 g/mol. The van der Waals surface area contributed by atoms with Crippen LogP contribution in [-0.4, -0.2) is 36.8 Å². The molecule has 0 bridgehead atoms. The van der Waals surface area contributed by atoms with Gasteiger partial charge in [-0.15, -0.1) is 0 Å². The highest BCUT2D eigenvalue weighted by Gasteiger charge is 2.45. The van der Waals surface area contributed by atoms with Crippen molar-refractivity contribution in [1.82, 2.24) is 10.3 Å². The van der Waals surface area contributed by atoms with Gasteiger partial charge in [-0.05, 0) is 17.5 Å². The van der Waals surface area contributed by atoms with Crippen LogP contribution in [0.1, 0.15) is 19.4 Å². The van der Waals surface area contributed by atoms with Gasteiger partial charge in [0.05, 0.1) is 14.2 Å². The van der Waals surface area contributed by atoms with Gasteiger partial charge in [-0.3, -0.25) is 0 Å². The van der Waals surface area contributed by atoms with Crippen molar-refractivity contribution in [3.05, 3.63) is 36.0 Å². The molecule has 0 saturated carbocycles. The maximum absolute atomic E-state index is 12.5. The summed E-state index contributed by atoms with van der Waals surface area (Å²) in [5.74, 6) is -0.689. The van der Waals surface area contributed by atoms with E-state index in [4.69, 9.17) is 9.47 Å². The number of fused-ring (bicyclic) bond motifs is 1. The molecule has 1 heterocycles. The van der Waals surface area contributed by atoms with E-state index in [1.165, 1.54) is 14.2 Å². The maximum Gasteiger partial charge on any atom is 0.407 e. The van der Waals surface area contributed by atoms with Gasteiger partial charge in [0.2, 0.25) is 0 Å². The number of ether oxygens (including phenoxy) is 2. The number of methoxy groups -OCH3 is 2. The van der Waals surface area contributed by atoms with E-state index in [1.54, 1.807) is 0 Å². The highest BCUT2D eigenvalue weighted by atomic mass is 16.5.